The quantitative estimate of drug-likeness (QED) is 0.772. The summed E-state index contributed by atoms with van der Waals surface area (Å²) < 4.78 is 10.4. The summed E-state index contributed by atoms with van der Waals surface area (Å²) in [5.41, 5.74) is 0. The molecule has 0 saturated heterocycles. The average Bonchev–Trinajstić information content (AvgIpc) is 3.07. The van der Waals surface area contributed by atoms with E-state index in [1.54, 1.807) is 24.5 Å². The van der Waals surface area contributed by atoms with Crippen LogP contribution in [0.3, 0.4) is 0 Å². The van der Waals surface area contributed by atoms with Gasteiger partial charge in [-0.25, -0.2) is 4.79 Å². The first-order chi connectivity index (χ1) is 9.56. The van der Waals surface area contributed by atoms with Crippen LogP contribution >= 0.6 is 27.3 Å². The Balaban J connectivity index is 1.81. The topological polar surface area (TPSA) is 59.8 Å². The number of hydrogen-bond acceptors (Lipinski definition) is 5. The molecule has 0 saturated carbocycles. The summed E-state index contributed by atoms with van der Waals surface area (Å²) in [6.45, 7) is 0.194. The van der Waals surface area contributed by atoms with Crippen LogP contribution in [0, 0.1) is 0 Å². The van der Waals surface area contributed by atoms with Crippen LogP contribution in [0.5, 0.6) is 0 Å². The van der Waals surface area contributed by atoms with E-state index >= 15 is 0 Å². The van der Waals surface area contributed by atoms with Crippen molar-refractivity contribution in [2.24, 2.45) is 0 Å². The van der Waals surface area contributed by atoms with Gasteiger partial charge in [0.1, 0.15) is 0 Å². The smallest absolute Gasteiger partial charge is 0.374 e. The van der Waals surface area contributed by atoms with Gasteiger partial charge in [-0.2, -0.15) is 0 Å². The highest BCUT2D eigenvalue weighted by atomic mass is 79.9. The Labute approximate surface area is 128 Å². The number of thiophene rings is 1. The second-order valence-electron chi connectivity index (χ2n) is 4.01. The molecule has 0 radical (unpaired) electrons. The van der Waals surface area contributed by atoms with Crippen molar-refractivity contribution in [3.05, 3.63) is 45.0 Å². The highest BCUT2D eigenvalue weighted by Crippen LogP contribution is 2.15. The first-order valence-electron chi connectivity index (χ1n) is 5.75. The molecule has 0 aliphatic carbocycles. The number of ether oxygens (including phenoxy) is 1. The van der Waals surface area contributed by atoms with Gasteiger partial charge in [-0.05, 0) is 39.5 Å². The SMILES string of the molecule is CN(Cc1cccs1)C(=O)COC(=O)c1ccc(Br)o1. The number of carbonyl (C=O) groups is 2. The summed E-state index contributed by atoms with van der Waals surface area (Å²) in [5.74, 6) is -0.864. The number of hydrogen-bond donors (Lipinski definition) is 0. The summed E-state index contributed by atoms with van der Waals surface area (Å²) in [6.07, 6.45) is 0. The summed E-state index contributed by atoms with van der Waals surface area (Å²) in [7, 11) is 1.67. The van der Waals surface area contributed by atoms with E-state index in [1.165, 1.54) is 11.0 Å². The van der Waals surface area contributed by atoms with Crippen molar-refractivity contribution in [2.75, 3.05) is 13.7 Å². The Morgan fingerprint density at radius 2 is 2.20 bits per heavy atom. The Hall–Kier alpha value is -1.60. The first-order valence-corrected chi connectivity index (χ1v) is 7.42. The van der Waals surface area contributed by atoms with Gasteiger partial charge in [0.25, 0.3) is 5.91 Å². The number of amides is 1. The lowest BCUT2D eigenvalue weighted by Gasteiger charge is -2.15. The molecule has 0 N–H and O–H groups in total. The number of halogens is 1. The molecule has 0 spiro atoms. The highest BCUT2D eigenvalue weighted by molar-refractivity contribution is 9.10. The van der Waals surface area contributed by atoms with Gasteiger partial charge in [0.2, 0.25) is 5.76 Å². The van der Waals surface area contributed by atoms with Gasteiger partial charge in [-0.15, -0.1) is 11.3 Å². The van der Waals surface area contributed by atoms with E-state index in [4.69, 9.17) is 9.15 Å². The zero-order chi connectivity index (χ0) is 14.5. The van der Waals surface area contributed by atoms with Crippen LogP contribution in [0.15, 0.2) is 38.7 Å². The van der Waals surface area contributed by atoms with Crippen molar-refractivity contribution in [3.63, 3.8) is 0 Å². The average molecular weight is 358 g/mol. The predicted octanol–water partition coefficient (Wildman–Crippen LogP) is 2.92. The van der Waals surface area contributed by atoms with Crippen LogP contribution < -0.4 is 0 Å². The Morgan fingerprint density at radius 3 is 2.80 bits per heavy atom. The summed E-state index contributed by atoms with van der Waals surface area (Å²) in [6, 6.07) is 6.93. The van der Waals surface area contributed by atoms with E-state index in [0.717, 1.165) is 4.88 Å². The predicted molar refractivity (Wildman–Crippen MR) is 77.5 cm³/mol. The third-order valence-corrected chi connectivity index (χ3v) is 3.79. The number of rotatable bonds is 5. The van der Waals surface area contributed by atoms with Crippen LogP contribution in [0.2, 0.25) is 0 Å². The molecular formula is C13H12BrNO4S. The van der Waals surface area contributed by atoms with Crippen molar-refractivity contribution in [1.29, 1.82) is 0 Å². The van der Waals surface area contributed by atoms with Crippen molar-refractivity contribution in [3.8, 4) is 0 Å². The fraction of sp³-hybridized carbons (Fsp3) is 0.231. The maximum Gasteiger partial charge on any atom is 0.374 e. The molecular weight excluding hydrogens is 346 g/mol. The number of carbonyl (C=O) groups excluding carboxylic acids is 2. The molecule has 0 atom stereocenters. The van der Waals surface area contributed by atoms with Crippen LogP contribution in [-0.2, 0) is 16.1 Å². The minimum absolute atomic E-state index is 0.0607. The molecule has 7 heteroatoms. The lowest BCUT2D eigenvalue weighted by atomic mass is 10.4. The van der Waals surface area contributed by atoms with Gasteiger partial charge in [-0.3, -0.25) is 4.79 Å². The molecule has 2 aromatic heterocycles. The van der Waals surface area contributed by atoms with E-state index in [-0.39, 0.29) is 18.3 Å². The van der Waals surface area contributed by atoms with Crippen LogP contribution in [-0.4, -0.2) is 30.4 Å². The summed E-state index contributed by atoms with van der Waals surface area (Å²) >= 11 is 4.66. The van der Waals surface area contributed by atoms with Gasteiger partial charge in [0.15, 0.2) is 11.3 Å². The third-order valence-electron chi connectivity index (χ3n) is 2.50. The number of esters is 1. The molecule has 5 nitrogen and oxygen atoms in total. The normalized spacial score (nSPS) is 10.3. The minimum atomic E-state index is -0.659. The van der Waals surface area contributed by atoms with Gasteiger partial charge in [0.05, 0.1) is 6.54 Å². The first kappa shape index (κ1) is 14.8. The lowest BCUT2D eigenvalue weighted by Crippen LogP contribution is -2.30. The van der Waals surface area contributed by atoms with E-state index in [2.05, 4.69) is 15.9 Å². The Kier molecular flexibility index (Phi) is 4.97. The monoisotopic (exact) mass is 357 g/mol. The second kappa shape index (κ2) is 6.71. The molecule has 2 aromatic rings. The van der Waals surface area contributed by atoms with Crippen LogP contribution in [0.4, 0.5) is 0 Å². The highest BCUT2D eigenvalue weighted by Gasteiger charge is 2.16. The minimum Gasteiger partial charge on any atom is -0.450 e. The molecule has 106 valence electrons. The molecule has 20 heavy (non-hydrogen) atoms. The number of likely N-dealkylation sites (N-methyl/N-ethyl adjacent to an activating group) is 1. The second-order valence-corrected chi connectivity index (χ2v) is 5.82. The molecule has 0 aliphatic rings. The van der Waals surface area contributed by atoms with Gasteiger partial charge in [0, 0.05) is 11.9 Å². The molecule has 0 unspecified atom stereocenters. The van der Waals surface area contributed by atoms with Crippen LogP contribution in [0.25, 0.3) is 0 Å². The molecule has 2 heterocycles. The molecule has 2 rings (SSSR count). The Bertz CT molecular complexity index is 593. The van der Waals surface area contributed by atoms with Crippen LogP contribution in [0.1, 0.15) is 15.4 Å². The third kappa shape index (κ3) is 3.94. The molecule has 0 bridgehead atoms. The molecule has 0 fully saturated rings. The number of furan rings is 1. The molecule has 0 aliphatic heterocycles. The molecule has 0 aromatic carbocycles. The fourth-order valence-corrected chi connectivity index (χ4v) is 2.52. The summed E-state index contributed by atoms with van der Waals surface area (Å²) in [4.78, 5) is 26.0. The van der Waals surface area contributed by atoms with E-state index in [9.17, 15) is 9.59 Å². The Morgan fingerprint density at radius 1 is 1.40 bits per heavy atom. The van der Waals surface area contributed by atoms with Gasteiger partial charge < -0.3 is 14.1 Å². The summed E-state index contributed by atoms with van der Waals surface area (Å²) in [5, 5.41) is 1.95. The van der Waals surface area contributed by atoms with Gasteiger partial charge in [-0.1, -0.05) is 6.07 Å². The van der Waals surface area contributed by atoms with E-state index < -0.39 is 5.97 Å². The zero-order valence-electron chi connectivity index (χ0n) is 10.7. The van der Waals surface area contributed by atoms with Crippen molar-refractivity contribution >= 4 is 39.1 Å². The van der Waals surface area contributed by atoms with Crippen molar-refractivity contribution in [2.45, 2.75) is 6.54 Å². The lowest BCUT2D eigenvalue weighted by molar-refractivity contribution is -0.133. The van der Waals surface area contributed by atoms with Crippen molar-refractivity contribution < 1.29 is 18.7 Å². The number of nitrogens with zero attached hydrogens (tertiary/aromatic N) is 1. The standard InChI is InChI=1S/C13H12BrNO4S/c1-15(7-9-3-2-6-20-9)12(16)8-18-13(17)10-4-5-11(14)19-10/h2-6H,7-8H2,1H3. The maximum absolute atomic E-state index is 11.8. The van der Waals surface area contributed by atoms with E-state index in [1.807, 2.05) is 17.5 Å². The fourth-order valence-electron chi connectivity index (χ4n) is 1.46. The van der Waals surface area contributed by atoms with E-state index in [0.29, 0.717) is 11.2 Å². The zero-order valence-corrected chi connectivity index (χ0v) is 13.1. The molecule has 1 amide bonds. The van der Waals surface area contributed by atoms with Crippen molar-refractivity contribution in [1.82, 2.24) is 4.90 Å². The maximum atomic E-state index is 11.8. The largest absolute Gasteiger partial charge is 0.450 e. The van der Waals surface area contributed by atoms with Gasteiger partial charge >= 0.3 is 5.97 Å².